The molecular weight excluding hydrogens is 286 g/mol. The van der Waals surface area contributed by atoms with Crippen LogP contribution in [0.1, 0.15) is 31.7 Å². The minimum absolute atomic E-state index is 0.163. The van der Waals surface area contributed by atoms with Crippen molar-refractivity contribution in [3.63, 3.8) is 0 Å². The lowest BCUT2D eigenvalue weighted by Crippen LogP contribution is -2.35. The van der Waals surface area contributed by atoms with Gasteiger partial charge in [-0.3, -0.25) is 0 Å². The number of halogens is 3. The summed E-state index contributed by atoms with van der Waals surface area (Å²) in [5, 5.41) is 0. The van der Waals surface area contributed by atoms with Crippen molar-refractivity contribution in [1.82, 2.24) is 0 Å². The van der Waals surface area contributed by atoms with E-state index in [4.69, 9.17) is 27.9 Å². The Kier molecular flexibility index (Phi) is 5.10. The molecule has 1 aliphatic rings. The molecule has 0 spiro atoms. The predicted molar refractivity (Wildman–Crippen MR) is 77.7 cm³/mol. The third-order valence-electron chi connectivity index (χ3n) is 3.89. The molecule has 4 heteroatoms. The van der Waals surface area contributed by atoms with Gasteiger partial charge in [0.15, 0.2) is 0 Å². The van der Waals surface area contributed by atoms with Gasteiger partial charge in [0, 0.05) is 17.2 Å². The van der Waals surface area contributed by atoms with Gasteiger partial charge in [-0.1, -0.05) is 12.1 Å². The molecule has 1 fully saturated rings. The second kappa shape index (κ2) is 6.43. The molecule has 2 rings (SSSR count). The molecule has 2 unspecified atom stereocenters. The lowest BCUT2D eigenvalue weighted by molar-refractivity contribution is 0.0400. The molecule has 0 radical (unpaired) electrons. The number of benzene rings is 1. The minimum Gasteiger partial charge on any atom is -0.375 e. The second-order valence-electron chi connectivity index (χ2n) is 5.41. The maximum absolute atomic E-state index is 13.4. The molecule has 0 N–H and O–H groups in total. The summed E-state index contributed by atoms with van der Waals surface area (Å²) < 4.78 is 19.3. The highest BCUT2D eigenvalue weighted by Gasteiger charge is 2.36. The topological polar surface area (TPSA) is 9.23 Å². The van der Waals surface area contributed by atoms with Crippen molar-refractivity contribution in [2.75, 3.05) is 11.8 Å². The van der Waals surface area contributed by atoms with E-state index < -0.39 is 5.41 Å². The Morgan fingerprint density at radius 3 is 2.58 bits per heavy atom. The number of hydrogen-bond donors (Lipinski definition) is 0. The van der Waals surface area contributed by atoms with E-state index >= 15 is 0 Å². The van der Waals surface area contributed by atoms with Gasteiger partial charge in [0.2, 0.25) is 0 Å². The van der Waals surface area contributed by atoms with Crippen LogP contribution in [0.25, 0.3) is 0 Å². The van der Waals surface area contributed by atoms with Gasteiger partial charge in [-0.25, -0.2) is 4.39 Å². The van der Waals surface area contributed by atoms with Crippen molar-refractivity contribution in [2.45, 2.75) is 43.8 Å². The van der Waals surface area contributed by atoms with E-state index in [0.717, 1.165) is 24.8 Å². The van der Waals surface area contributed by atoms with Crippen LogP contribution < -0.4 is 0 Å². The molecule has 0 bridgehead atoms. The van der Waals surface area contributed by atoms with E-state index in [9.17, 15) is 4.39 Å². The van der Waals surface area contributed by atoms with Crippen LogP contribution in [0.4, 0.5) is 4.39 Å². The van der Waals surface area contributed by atoms with Gasteiger partial charge in [-0.15, -0.1) is 23.2 Å². The zero-order valence-corrected chi connectivity index (χ0v) is 12.6. The molecule has 0 aliphatic carbocycles. The Labute approximate surface area is 124 Å². The van der Waals surface area contributed by atoms with Crippen LogP contribution in [0.5, 0.6) is 0 Å². The van der Waals surface area contributed by atoms with E-state index in [1.165, 1.54) is 12.1 Å². The summed E-state index contributed by atoms with van der Waals surface area (Å²) in [6, 6.07) is 6.57. The fourth-order valence-electron chi connectivity index (χ4n) is 2.71. The van der Waals surface area contributed by atoms with Crippen LogP contribution in [0, 0.1) is 5.82 Å². The van der Waals surface area contributed by atoms with Crippen LogP contribution in [-0.4, -0.2) is 24.0 Å². The first-order chi connectivity index (χ1) is 9.09. The molecule has 0 amide bonds. The summed E-state index contributed by atoms with van der Waals surface area (Å²) in [5.74, 6) is 0.486. The number of hydrogen-bond acceptors (Lipinski definition) is 1. The van der Waals surface area contributed by atoms with E-state index in [1.54, 1.807) is 6.07 Å². The first-order valence-corrected chi connectivity index (χ1v) is 7.70. The second-order valence-corrected chi connectivity index (χ2v) is 5.94. The zero-order chi connectivity index (χ0) is 13.9. The molecule has 19 heavy (non-hydrogen) atoms. The molecular formula is C15H19Cl2FO. The number of alkyl halides is 2. The summed E-state index contributed by atoms with van der Waals surface area (Å²) >= 11 is 12.3. The molecule has 1 aromatic carbocycles. The monoisotopic (exact) mass is 304 g/mol. The summed E-state index contributed by atoms with van der Waals surface area (Å²) in [7, 11) is 0. The van der Waals surface area contributed by atoms with Gasteiger partial charge in [0.1, 0.15) is 5.82 Å². The first-order valence-electron chi connectivity index (χ1n) is 6.63. The summed E-state index contributed by atoms with van der Waals surface area (Å²) in [6.45, 7) is 2.07. The Morgan fingerprint density at radius 1 is 1.32 bits per heavy atom. The molecule has 1 saturated heterocycles. The summed E-state index contributed by atoms with van der Waals surface area (Å²) in [5.41, 5.74) is 0.445. The average Bonchev–Trinajstić information content (AvgIpc) is 2.81. The van der Waals surface area contributed by atoms with Crippen molar-refractivity contribution in [3.05, 3.63) is 35.6 Å². The summed E-state index contributed by atoms with van der Waals surface area (Å²) in [4.78, 5) is 0. The highest BCUT2D eigenvalue weighted by Crippen LogP contribution is 2.37. The fraction of sp³-hybridized carbons (Fsp3) is 0.600. The van der Waals surface area contributed by atoms with E-state index in [-0.39, 0.29) is 11.9 Å². The zero-order valence-electron chi connectivity index (χ0n) is 11.0. The quantitative estimate of drug-likeness (QED) is 0.728. The maximum Gasteiger partial charge on any atom is 0.123 e. The van der Waals surface area contributed by atoms with Crippen LogP contribution in [0.2, 0.25) is 0 Å². The van der Waals surface area contributed by atoms with Crippen LogP contribution in [0.15, 0.2) is 24.3 Å². The molecule has 0 saturated carbocycles. The number of rotatable bonds is 5. The van der Waals surface area contributed by atoms with Crippen molar-refractivity contribution < 1.29 is 9.13 Å². The van der Waals surface area contributed by atoms with Crippen molar-refractivity contribution >= 4 is 23.2 Å². The highest BCUT2D eigenvalue weighted by molar-refractivity contribution is 6.22. The Bertz CT molecular complexity index is 420. The van der Waals surface area contributed by atoms with Crippen molar-refractivity contribution in [2.24, 2.45) is 0 Å². The molecule has 1 nitrogen and oxygen atoms in total. The predicted octanol–water partition coefficient (Wildman–Crippen LogP) is 4.50. The Hall–Kier alpha value is -0.310. The normalized spacial score (nSPS) is 23.8. The molecule has 1 aliphatic heterocycles. The van der Waals surface area contributed by atoms with Gasteiger partial charge >= 0.3 is 0 Å². The standard InChI is InChI=1S/C15H19Cl2FO/c1-11-5-6-14(19-11)8-15(9-16,10-17)12-3-2-4-13(18)7-12/h2-4,7,11,14H,5-6,8-10H2,1H3. The van der Waals surface area contributed by atoms with Gasteiger partial charge in [0.25, 0.3) is 0 Å². The van der Waals surface area contributed by atoms with Crippen LogP contribution >= 0.6 is 23.2 Å². The highest BCUT2D eigenvalue weighted by atomic mass is 35.5. The van der Waals surface area contributed by atoms with Gasteiger partial charge < -0.3 is 4.74 Å². The Morgan fingerprint density at radius 2 is 2.05 bits per heavy atom. The van der Waals surface area contributed by atoms with Crippen molar-refractivity contribution in [3.8, 4) is 0 Å². The average molecular weight is 305 g/mol. The molecule has 1 heterocycles. The molecule has 2 atom stereocenters. The van der Waals surface area contributed by atoms with Crippen LogP contribution in [-0.2, 0) is 10.2 Å². The molecule has 0 aromatic heterocycles. The van der Waals surface area contributed by atoms with Crippen LogP contribution in [0.3, 0.4) is 0 Å². The third kappa shape index (κ3) is 3.42. The summed E-state index contributed by atoms with van der Waals surface area (Å²) in [6.07, 6.45) is 3.28. The van der Waals surface area contributed by atoms with Gasteiger partial charge in [-0.2, -0.15) is 0 Å². The van der Waals surface area contributed by atoms with Crippen molar-refractivity contribution in [1.29, 1.82) is 0 Å². The van der Waals surface area contributed by atoms with E-state index in [1.807, 2.05) is 6.07 Å². The molecule has 106 valence electrons. The SMILES string of the molecule is CC1CCC(CC(CCl)(CCl)c2cccc(F)c2)O1. The maximum atomic E-state index is 13.4. The van der Waals surface area contributed by atoms with E-state index in [0.29, 0.717) is 17.9 Å². The Balaban J connectivity index is 2.21. The fourth-order valence-corrected chi connectivity index (χ4v) is 3.52. The van der Waals surface area contributed by atoms with Gasteiger partial charge in [-0.05, 0) is 43.9 Å². The first kappa shape index (κ1) is 15.1. The smallest absolute Gasteiger partial charge is 0.123 e. The third-order valence-corrected chi connectivity index (χ3v) is 4.91. The van der Waals surface area contributed by atoms with Gasteiger partial charge in [0.05, 0.1) is 12.2 Å². The largest absolute Gasteiger partial charge is 0.375 e. The minimum atomic E-state index is -0.417. The number of ether oxygens (including phenoxy) is 1. The van der Waals surface area contributed by atoms with E-state index in [2.05, 4.69) is 6.92 Å². The molecule has 1 aromatic rings. The lowest BCUT2D eigenvalue weighted by Gasteiger charge is -2.32. The lowest BCUT2D eigenvalue weighted by atomic mass is 9.79.